The number of fused-ring (bicyclic) bond motifs is 1. The molecule has 2 atom stereocenters. The van der Waals surface area contributed by atoms with Gasteiger partial charge in [0.25, 0.3) is 5.91 Å². The van der Waals surface area contributed by atoms with E-state index >= 15 is 0 Å². The molecular weight excluding hydrogens is 468 g/mol. The smallest absolute Gasteiger partial charge is 0.324 e. The van der Waals surface area contributed by atoms with Crippen LogP contribution in [0.25, 0.3) is 0 Å². The predicted molar refractivity (Wildman–Crippen MR) is 136 cm³/mol. The van der Waals surface area contributed by atoms with Crippen molar-refractivity contribution >= 4 is 40.6 Å². The lowest BCUT2D eigenvalue weighted by Gasteiger charge is -2.35. The molecule has 3 aliphatic heterocycles. The average molecular weight is 499 g/mol. The molecule has 1 N–H and O–H groups in total. The first-order valence-corrected chi connectivity index (χ1v) is 13.7. The van der Waals surface area contributed by atoms with Gasteiger partial charge in [0.1, 0.15) is 0 Å². The summed E-state index contributed by atoms with van der Waals surface area (Å²) in [5, 5.41) is 3.17. The molecule has 4 aliphatic rings. The Balaban J connectivity index is 1.15. The van der Waals surface area contributed by atoms with E-state index in [0.717, 1.165) is 25.1 Å². The molecule has 0 radical (unpaired) electrons. The minimum absolute atomic E-state index is 0.00903. The maximum Gasteiger partial charge on any atom is 0.324 e. The number of carbonyl (C=O) groups is 2. The number of anilines is 1. The zero-order valence-electron chi connectivity index (χ0n) is 19.3. The summed E-state index contributed by atoms with van der Waals surface area (Å²) in [5.41, 5.74) is 2.68. The van der Waals surface area contributed by atoms with Crippen molar-refractivity contribution in [2.45, 2.75) is 56.0 Å². The van der Waals surface area contributed by atoms with Crippen LogP contribution in [0.1, 0.15) is 53.8 Å². The normalized spacial score (nSPS) is 26.1. The first-order chi connectivity index (χ1) is 16.5. The fourth-order valence-electron chi connectivity index (χ4n) is 6.05. The molecular formula is C26H31ClN4O2S. The first kappa shape index (κ1) is 22.4. The minimum atomic E-state index is -0.105. The maximum absolute atomic E-state index is 13.3. The summed E-state index contributed by atoms with van der Waals surface area (Å²) in [4.78, 5) is 33.1. The van der Waals surface area contributed by atoms with Crippen molar-refractivity contribution in [3.63, 3.8) is 0 Å². The standard InChI is InChI=1S/C26H31ClN4O2S/c27-23-10-9-22(34-23)24(32)28-20-4-3-15-30-21(20)16-31(25(30)33)19-7-5-18(6-8-19)26(11-12-26)17-29-13-1-2-14-29/h5-10,20-21H,1-4,11-17H2,(H,28,32)/t20-,21-/m1/s1. The highest BCUT2D eigenvalue weighted by molar-refractivity contribution is 7.18. The van der Waals surface area contributed by atoms with Crippen molar-refractivity contribution in [3.05, 3.63) is 51.2 Å². The summed E-state index contributed by atoms with van der Waals surface area (Å²) in [6.45, 7) is 4.98. The SMILES string of the molecule is O=C(N[C@@H]1CCCN2C(=O)N(c3ccc(C4(CN5CCCC5)CC4)cc3)C[C@H]12)c1ccc(Cl)s1. The molecule has 180 valence electrons. The Morgan fingerprint density at radius 1 is 1.06 bits per heavy atom. The van der Waals surface area contributed by atoms with Crippen LogP contribution in [0, 0.1) is 0 Å². The van der Waals surface area contributed by atoms with Gasteiger partial charge >= 0.3 is 6.03 Å². The average Bonchev–Trinajstić information content (AvgIpc) is 3.16. The van der Waals surface area contributed by atoms with Gasteiger partial charge in [0.2, 0.25) is 0 Å². The van der Waals surface area contributed by atoms with Crippen molar-refractivity contribution in [1.82, 2.24) is 15.1 Å². The molecule has 4 heterocycles. The predicted octanol–water partition coefficient (Wildman–Crippen LogP) is 4.73. The van der Waals surface area contributed by atoms with Crippen LogP contribution in [-0.2, 0) is 5.41 Å². The largest absolute Gasteiger partial charge is 0.346 e. The van der Waals surface area contributed by atoms with Crippen LogP contribution in [0.5, 0.6) is 0 Å². The summed E-state index contributed by atoms with van der Waals surface area (Å²) in [6, 6.07) is 12.2. The second kappa shape index (κ2) is 8.85. The van der Waals surface area contributed by atoms with Crippen molar-refractivity contribution in [2.24, 2.45) is 0 Å². The third kappa shape index (κ3) is 4.12. The first-order valence-electron chi connectivity index (χ1n) is 12.5. The van der Waals surface area contributed by atoms with Gasteiger partial charge in [0.15, 0.2) is 0 Å². The number of amides is 3. The number of urea groups is 1. The molecule has 0 unspecified atom stereocenters. The quantitative estimate of drug-likeness (QED) is 0.626. The Morgan fingerprint density at radius 2 is 1.82 bits per heavy atom. The number of rotatable bonds is 6. The van der Waals surface area contributed by atoms with Crippen LogP contribution in [0.3, 0.4) is 0 Å². The third-order valence-electron chi connectivity index (χ3n) is 8.11. The van der Waals surface area contributed by atoms with E-state index < -0.39 is 0 Å². The lowest BCUT2D eigenvalue weighted by molar-refractivity contribution is 0.0891. The van der Waals surface area contributed by atoms with Gasteiger partial charge in [-0.1, -0.05) is 23.7 Å². The van der Waals surface area contributed by atoms with Gasteiger partial charge in [-0.15, -0.1) is 11.3 Å². The Labute approximate surface area is 209 Å². The Morgan fingerprint density at radius 3 is 2.50 bits per heavy atom. The second-order valence-electron chi connectivity index (χ2n) is 10.3. The summed E-state index contributed by atoms with van der Waals surface area (Å²) < 4.78 is 0.606. The molecule has 3 amide bonds. The van der Waals surface area contributed by atoms with E-state index in [0.29, 0.717) is 21.2 Å². The minimum Gasteiger partial charge on any atom is -0.346 e. The van der Waals surface area contributed by atoms with Crippen LogP contribution in [-0.4, -0.2) is 66.5 Å². The van der Waals surface area contributed by atoms with E-state index in [1.54, 1.807) is 12.1 Å². The van der Waals surface area contributed by atoms with E-state index in [4.69, 9.17) is 11.6 Å². The van der Waals surface area contributed by atoms with Crippen molar-refractivity contribution in [1.29, 1.82) is 0 Å². The number of hydrogen-bond donors (Lipinski definition) is 1. The molecule has 0 spiro atoms. The molecule has 4 fully saturated rings. The highest BCUT2D eigenvalue weighted by atomic mass is 35.5. The van der Waals surface area contributed by atoms with Crippen molar-refractivity contribution in [2.75, 3.05) is 37.6 Å². The number of piperidine rings is 1. The number of likely N-dealkylation sites (tertiary alicyclic amines) is 1. The second-order valence-corrected chi connectivity index (χ2v) is 12.0. The van der Waals surface area contributed by atoms with Crippen molar-refractivity contribution in [3.8, 4) is 0 Å². The number of nitrogens with one attached hydrogen (secondary N) is 1. The van der Waals surface area contributed by atoms with Crippen LogP contribution in [0.2, 0.25) is 4.34 Å². The molecule has 34 heavy (non-hydrogen) atoms. The fourth-order valence-corrected chi connectivity index (χ4v) is 7.00. The highest BCUT2D eigenvalue weighted by Crippen LogP contribution is 2.49. The van der Waals surface area contributed by atoms with Crippen LogP contribution in [0.15, 0.2) is 36.4 Å². The molecule has 3 saturated heterocycles. The summed E-state index contributed by atoms with van der Waals surface area (Å²) in [7, 11) is 0. The van der Waals surface area contributed by atoms with Gasteiger partial charge < -0.3 is 15.1 Å². The molecule has 6 rings (SSSR count). The zero-order chi connectivity index (χ0) is 23.3. The summed E-state index contributed by atoms with van der Waals surface area (Å²) in [6.07, 6.45) is 6.95. The number of thiophene rings is 1. The van der Waals surface area contributed by atoms with Gasteiger partial charge in [-0.25, -0.2) is 4.79 Å². The van der Waals surface area contributed by atoms with E-state index in [-0.39, 0.29) is 24.0 Å². The molecule has 6 nitrogen and oxygen atoms in total. The highest BCUT2D eigenvalue weighted by Gasteiger charge is 2.47. The summed E-state index contributed by atoms with van der Waals surface area (Å²) >= 11 is 7.29. The van der Waals surface area contributed by atoms with Gasteiger partial charge in [0, 0.05) is 24.2 Å². The van der Waals surface area contributed by atoms with Crippen LogP contribution >= 0.6 is 22.9 Å². The number of halogens is 1. The van der Waals surface area contributed by atoms with Crippen LogP contribution < -0.4 is 10.2 Å². The van der Waals surface area contributed by atoms with E-state index in [1.807, 2.05) is 9.80 Å². The lowest BCUT2D eigenvalue weighted by atomic mass is 9.95. The number of hydrogen-bond acceptors (Lipinski definition) is 4. The Hall–Kier alpha value is -2.09. The van der Waals surface area contributed by atoms with Crippen molar-refractivity contribution < 1.29 is 9.59 Å². The molecule has 2 aromatic rings. The lowest BCUT2D eigenvalue weighted by Crippen LogP contribution is -2.54. The molecule has 1 aromatic carbocycles. The zero-order valence-corrected chi connectivity index (χ0v) is 20.9. The molecule has 8 heteroatoms. The van der Waals surface area contributed by atoms with E-state index in [2.05, 4.69) is 34.5 Å². The van der Waals surface area contributed by atoms with Gasteiger partial charge in [-0.3, -0.25) is 9.69 Å². The fraction of sp³-hybridized carbons (Fsp3) is 0.538. The number of carbonyl (C=O) groups excluding carboxylic acids is 2. The molecule has 1 aliphatic carbocycles. The maximum atomic E-state index is 13.3. The molecule has 0 bridgehead atoms. The Kier molecular flexibility index (Phi) is 5.82. The van der Waals surface area contributed by atoms with Gasteiger partial charge in [-0.2, -0.15) is 0 Å². The molecule has 1 saturated carbocycles. The van der Waals surface area contributed by atoms with Gasteiger partial charge in [0.05, 0.1) is 27.8 Å². The van der Waals surface area contributed by atoms with Gasteiger partial charge in [-0.05, 0) is 81.4 Å². The van der Waals surface area contributed by atoms with Crippen LogP contribution in [0.4, 0.5) is 10.5 Å². The summed E-state index contributed by atoms with van der Waals surface area (Å²) in [5.74, 6) is -0.105. The molecule has 1 aromatic heterocycles. The van der Waals surface area contributed by atoms with E-state index in [1.165, 1.54) is 62.2 Å². The van der Waals surface area contributed by atoms with E-state index in [9.17, 15) is 9.59 Å². The third-order valence-corrected chi connectivity index (χ3v) is 9.34. The topological polar surface area (TPSA) is 55.9 Å². The monoisotopic (exact) mass is 498 g/mol. The number of benzene rings is 1. The Bertz CT molecular complexity index is 1080. The number of nitrogens with zero attached hydrogens (tertiary/aromatic N) is 3.